The van der Waals surface area contributed by atoms with E-state index in [1.807, 2.05) is 0 Å². The Morgan fingerprint density at radius 2 is 1.44 bits per heavy atom. The van der Waals surface area contributed by atoms with Crippen molar-refractivity contribution in [3.63, 3.8) is 0 Å². The molecule has 0 heterocycles. The molecule has 0 aromatic heterocycles. The minimum absolute atomic E-state index is 0.194. The van der Waals surface area contributed by atoms with Crippen LogP contribution in [0.25, 0.3) is 0 Å². The number of rotatable bonds is 4. The van der Waals surface area contributed by atoms with Gasteiger partial charge in [-0.15, -0.1) is 0 Å². The average molecular weight is 125 g/mol. The zero-order valence-electron chi connectivity index (χ0n) is 6.70. The van der Waals surface area contributed by atoms with Crippen molar-refractivity contribution >= 4 is 7.98 Å². The van der Waals surface area contributed by atoms with Crippen LogP contribution >= 0.6 is 0 Å². The molecule has 0 saturated heterocycles. The fraction of sp³-hybridized carbons (Fsp3) is 1.00. The highest BCUT2D eigenvalue weighted by Crippen LogP contribution is 2.17. The van der Waals surface area contributed by atoms with E-state index in [9.17, 15) is 0 Å². The molecule has 0 saturated carbocycles. The summed E-state index contributed by atoms with van der Waals surface area (Å²) >= 11 is 0. The lowest BCUT2D eigenvalue weighted by molar-refractivity contribution is 0.349. The molecule has 0 fully saturated rings. The van der Waals surface area contributed by atoms with Gasteiger partial charge in [-0.3, -0.25) is 0 Å². The number of nitrogens with one attached hydrogen (secondary N) is 1. The second-order valence-electron chi connectivity index (χ2n) is 2.49. The van der Waals surface area contributed by atoms with Crippen LogP contribution in [0, 0.1) is 0 Å². The van der Waals surface area contributed by atoms with Gasteiger partial charge in [0, 0.05) is 5.54 Å². The van der Waals surface area contributed by atoms with Crippen molar-refractivity contribution in [3.05, 3.63) is 0 Å². The Labute approximate surface area is 59.7 Å². The summed E-state index contributed by atoms with van der Waals surface area (Å²) in [6.45, 7) is 6.48. The lowest BCUT2D eigenvalue weighted by Crippen LogP contribution is -2.41. The van der Waals surface area contributed by atoms with Gasteiger partial charge in [0.2, 0.25) is 0 Å². The van der Waals surface area contributed by atoms with Crippen molar-refractivity contribution in [2.75, 3.05) is 0 Å². The average Bonchev–Trinajstić information content (AvgIpc) is 1.95. The molecule has 0 amide bonds. The molecule has 2 radical (unpaired) electrons. The van der Waals surface area contributed by atoms with E-state index < -0.39 is 0 Å². The summed E-state index contributed by atoms with van der Waals surface area (Å²) < 4.78 is 0. The standard InChI is InChI=1S/C7H16BN/c1-4-7(5-2,6-3)9-8/h9H,4-6H2,1-3H3. The lowest BCUT2D eigenvalue weighted by atomic mass is 9.88. The van der Waals surface area contributed by atoms with Gasteiger partial charge in [0.15, 0.2) is 7.98 Å². The van der Waals surface area contributed by atoms with E-state index in [0.29, 0.717) is 0 Å². The number of hydrogen-bond acceptors (Lipinski definition) is 1. The Kier molecular flexibility index (Phi) is 3.95. The summed E-state index contributed by atoms with van der Waals surface area (Å²) in [6.07, 6.45) is 3.32. The van der Waals surface area contributed by atoms with Crippen LogP contribution in [0.15, 0.2) is 0 Å². The number of hydrogen-bond donors (Lipinski definition) is 1. The van der Waals surface area contributed by atoms with Crippen LogP contribution in [0.1, 0.15) is 40.0 Å². The molecule has 0 rings (SSSR count). The first-order chi connectivity index (χ1) is 4.24. The van der Waals surface area contributed by atoms with Gasteiger partial charge in [-0.25, -0.2) is 0 Å². The van der Waals surface area contributed by atoms with Crippen molar-refractivity contribution in [2.45, 2.75) is 45.6 Å². The Morgan fingerprint density at radius 1 is 1.11 bits per heavy atom. The summed E-state index contributed by atoms with van der Waals surface area (Å²) in [5.41, 5.74) is 0.194. The second kappa shape index (κ2) is 3.94. The molecule has 0 bridgehead atoms. The largest absolute Gasteiger partial charge is 0.361 e. The molecular formula is C7H16BN. The van der Waals surface area contributed by atoms with E-state index in [1.165, 1.54) is 0 Å². The van der Waals surface area contributed by atoms with Crippen molar-refractivity contribution in [1.82, 2.24) is 5.23 Å². The highest BCUT2D eigenvalue weighted by molar-refractivity contribution is 6.04. The molecule has 0 spiro atoms. The maximum atomic E-state index is 5.39. The SMILES string of the molecule is [B]NC(CC)(CC)CC. The molecule has 52 valence electrons. The van der Waals surface area contributed by atoms with Crippen LogP contribution in [0.5, 0.6) is 0 Å². The quantitative estimate of drug-likeness (QED) is 0.563. The summed E-state index contributed by atoms with van der Waals surface area (Å²) in [5.74, 6) is 0. The smallest absolute Gasteiger partial charge is 0.178 e. The third-order valence-electron chi connectivity index (χ3n) is 2.34. The summed E-state index contributed by atoms with van der Waals surface area (Å²) in [7, 11) is 5.39. The monoisotopic (exact) mass is 125 g/mol. The van der Waals surface area contributed by atoms with Gasteiger partial charge < -0.3 is 5.23 Å². The molecule has 1 nitrogen and oxygen atoms in total. The van der Waals surface area contributed by atoms with Gasteiger partial charge in [-0.2, -0.15) is 0 Å². The maximum absolute atomic E-state index is 5.39. The van der Waals surface area contributed by atoms with Crippen LogP contribution in [-0.4, -0.2) is 13.5 Å². The molecule has 1 N–H and O–H groups in total. The summed E-state index contributed by atoms with van der Waals surface area (Å²) in [6, 6.07) is 0. The van der Waals surface area contributed by atoms with E-state index in [4.69, 9.17) is 7.98 Å². The van der Waals surface area contributed by atoms with Crippen molar-refractivity contribution in [2.24, 2.45) is 0 Å². The van der Waals surface area contributed by atoms with Gasteiger partial charge in [0.05, 0.1) is 0 Å². The Balaban J connectivity index is 3.82. The molecule has 0 aromatic carbocycles. The van der Waals surface area contributed by atoms with Crippen LogP contribution in [-0.2, 0) is 0 Å². The molecule has 0 atom stereocenters. The van der Waals surface area contributed by atoms with E-state index >= 15 is 0 Å². The normalized spacial score (nSPS) is 11.9. The Hall–Kier alpha value is 0.0249. The predicted octanol–water partition coefficient (Wildman–Crippen LogP) is 1.63. The van der Waals surface area contributed by atoms with Crippen molar-refractivity contribution in [1.29, 1.82) is 0 Å². The Morgan fingerprint density at radius 3 is 1.44 bits per heavy atom. The first-order valence-corrected chi connectivity index (χ1v) is 3.72. The van der Waals surface area contributed by atoms with E-state index in [1.54, 1.807) is 0 Å². The highest BCUT2D eigenvalue weighted by atomic mass is 14.9. The zero-order chi connectivity index (χ0) is 7.33. The third-order valence-corrected chi connectivity index (χ3v) is 2.34. The third kappa shape index (κ3) is 2.01. The Bertz CT molecular complexity index is 51.8. The molecule has 0 aromatic rings. The lowest BCUT2D eigenvalue weighted by Gasteiger charge is -2.30. The van der Waals surface area contributed by atoms with E-state index in [-0.39, 0.29) is 5.54 Å². The second-order valence-corrected chi connectivity index (χ2v) is 2.49. The molecule has 0 aliphatic heterocycles. The fourth-order valence-electron chi connectivity index (χ4n) is 1.06. The molecule has 9 heavy (non-hydrogen) atoms. The van der Waals surface area contributed by atoms with Crippen LogP contribution in [0.4, 0.5) is 0 Å². The fourth-order valence-corrected chi connectivity index (χ4v) is 1.06. The molecule has 0 aliphatic rings. The minimum atomic E-state index is 0.194. The van der Waals surface area contributed by atoms with E-state index in [0.717, 1.165) is 19.3 Å². The molecular weight excluding hydrogens is 109 g/mol. The van der Waals surface area contributed by atoms with Gasteiger partial charge in [0.25, 0.3) is 0 Å². The van der Waals surface area contributed by atoms with Gasteiger partial charge in [0.1, 0.15) is 0 Å². The molecule has 2 heteroatoms. The predicted molar refractivity (Wildman–Crippen MR) is 42.5 cm³/mol. The molecule has 0 aliphatic carbocycles. The first kappa shape index (κ1) is 9.02. The van der Waals surface area contributed by atoms with Gasteiger partial charge in [-0.1, -0.05) is 20.8 Å². The maximum Gasteiger partial charge on any atom is 0.178 e. The van der Waals surface area contributed by atoms with Crippen LogP contribution in [0.3, 0.4) is 0 Å². The summed E-state index contributed by atoms with van der Waals surface area (Å²) in [4.78, 5) is 0. The van der Waals surface area contributed by atoms with Crippen LogP contribution in [0.2, 0.25) is 0 Å². The topological polar surface area (TPSA) is 12.0 Å². The van der Waals surface area contributed by atoms with Gasteiger partial charge >= 0.3 is 0 Å². The van der Waals surface area contributed by atoms with Crippen molar-refractivity contribution < 1.29 is 0 Å². The van der Waals surface area contributed by atoms with Gasteiger partial charge in [-0.05, 0) is 19.3 Å². The minimum Gasteiger partial charge on any atom is -0.361 e. The van der Waals surface area contributed by atoms with Crippen molar-refractivity contribution in [3.8, 4) is 0 Å². The summed E-state index contributed by atoms with van der Waals surface area (Å²) in [5, 5.41) is 2.86. The highest BCUT2D eigenvalue weighted by Gasteiger charge is 2.19. The first-order valence-electron chi connectivity index (χ1n) is 3.72. The zero-order valence-corrected chi connectivity index (χ0v) is 6.70. The molecule has 0 unspecified atom stereocenters. The van der Waals surface area contributed by atoms with Crippen LogP contribution < -0.4 is 5.23 Å². The van der Waals surface area contributed by atoms with E-state index in [2.05, 4.69) is 26.0 Å².